The van der Waals surface area contributed by atoms with E-state index in [0.717, 1.165) is 13.1 Å². The number of rotatable bonds is 1. The van der Waals surface area contributed by atoms with E-state index in [0.29, 0.717) is 5.82 Å². The number of thiophene rings is 1. The second-order valence-corrected chi connectivity index (χ2v) is 6.08. The van der Waals surface area contributed by atoms with Gasteiger partial charge in [0.05, 0.1) is 8.66 Å². The number of nitrogens with zero attached hydrogens (tertiary/aromatic N) is 3. The summed E-state index contributed by atoms with van der Waals surface area (Å²) in [4.78, 5) is 12.5. The van der Waals surface area contributed by atoms with Crippen LogP contribution in [0.15, 0.2) is 14.3 Å². The number of hydrogen-bond acceptors (Lipinski definition) is 5. The summed E-state index contributed by atoms with van der Waals surface area (Å²) in [5, 5.41) is 0.0955. The second-order valence-electron chi connectivity index (χ2n) is 2.52. The van der Waals surface area contributed by atoms with Crippen LogP contribution in [0.1, 0.15) is 0 Å². The van der Waals surface area contributed by atoms with E-state index in [1.54, 1.807) is 0 Å². The van der Waals surface area contributed by atoms with Gasteiger partial charge in [0.1, 0.15) is 0 Å². The molecular formula is C7H3Br2ClN4S. The molecule has 0 aliphatic rings. The van der Waals surface area contributed by atoms with Crippen molar-refractivity contribution < 1.29 is 0 Å². The van der Waals surface area contributed by atoms with Gasteiger partial charge in [0, 0.05) is 4.47 Å². The number of nitrogen functional groups attached to an aromatic ring is 1. The fourth-order valence-corrected chi connectivity index (χ4v) is 3.07. The Morgan fingerprint density at radius 3 is 2.53 bits per heavy atom. The zero-order chi connectivity index (χ0) is 11.0. The maximum Gasteiger partial charge on any atom is 0.227 e. The molecule has 0 bridgehead atoms. The van der Waals surface area contributed by atoms with Crippen molar-refractivity contribution in [1.82, 2.24) is 15.0 Å². The molecule has 15 heavy (non-hydrogen) atoms. The minimum atomic E-state index is 0.0955. The van der Waals surface area contributed by atoms with Crippen molar-refractivity contribution in [2.75, 3.05) is 5.73 Å². The van der Waals surface area contributed by atoms with Crippen LogP contribution in [0, 0.1) is 0 Å². The zero-order valence-corrected chi connectivity index (χ0v) is 11.8. The Bertz CT molecular complexity index is 476. The first-order valence-corrected chi connectivity index (χ1v) is 6.46. The predicted octanol–water partition coefficient (Wildman–Crippen LogP) is 3.36. The molecule has 0 amide bonds. The van der Waals surface area contributed by atoms with Crippen molar-refractivity contribution in [2.45, 2.75) is 0 Å². The van der Waals surface area contributed by atoms with Crippen molar-refractivity contribution in [3.05, 3.63) is 19.6 Å². The van der Waals surface area contributed by atoms with Crippen molar-refractivity contribution >= 4 is 60.7 Å². The molecule has 78 valence electrons. The molecule has 0 saturated carbocycles. The average molecular weight is 370 g/mol. The van der Waals surface area contributed by atoms with Gasteiger partial charge in [-0.15, -0.1) is 11.3 Å². The molecule has 0 saturated heterocycles. The largest absolute Gasteiger partial charge is 0.368 e. The molecule has 2 rings (SSSR count). The van der Waals surface area contributed by atoms with Crippen LogP contribution in [-0.2, 0) is 0 Å². The van der Waals surface area contributed by atoms with Crippen LogP contribution in [0.4, 0.5) is 5.95 Å². The fourth-order valence-electron chi connectivity index (χ4n) is 0.932. The summed E-state index contributed by atoms with van der Waals surface area (Å²) in [6, 6.07) is 1.89. The third-order valence-corrected chi connectivity index (χ3v) is 4.91. The summed E-state index contributed by atoms with van der Waals surface area (Å²) in [6.45, 7) is 0. The first kappa shape index (κ1) is 11.3. The van der Waals surface area contributed by atoms with Crippen LogP contribution in [0.3, 0.4) is 0 Å². The highest BCUT2D eigenvalue weighted by molar-refractivity contribution is 9.13. The van der Waals surface area contributed by atoms with Crippen LogP contribution < -0.4 is 5.73 Å². The van der Waals surface area contributed by atoms with Gasteiger partial charge in [-0.25, -0.2) is 0 Å². The molecular weight excluding hydrogens is 367 g/mol. The molecule has 0 radical (unpaired) electrons. The lowest BCUT2D eigenvalue weighted by molar-refractivity contribution is 1.08. The Hall–Kier alpha value is -0.240. The Morgan fingerprint density at radius 1 is 1.27 bits per heavy atom. The van der Waals surface area contributed by atoms with Crippen molar-refractivity contribution in [1.29, 1.82) is 0 Å². The Labute approximate surface area is 111 Å². The Kier molecular flexibility index (Phi) is 3.24. The third-order valence-electron chi connectivity index (χ3n) is 1.49. The predicted molar refractivity (Wildman–Crippen MR) is 68.0 cm³/mol. The van der Waals surface area contributed by atoms with Gasteiger partial charge in [0.15, 0.2) is 5.82 Å². The highest BCUT2D eigenvalue weighted by atomic mass is 79.9. The third kappa shape index (κ3) is 2.47. The fraction of sp³-hybridized carbons (Fsp3) is 0. The molecule has 8 heteroatoms. The summed E-state index contributed by atoms with van der Waals surface area (Å²) >= 11 is 13.9. The first-order chi connectivity index (χ1) is 7.06. The lowest BCUT2D eigenvalue weighted by Crippen LogP contribution is -1.98. The lowest BCUT2D eigenvalue weighted by atomic mass is 10.4. The Balaban J connectivity index is 2.53. The van der Waals surface area contributed by atoms with E-state index in [9.17, 15) is 0 Å². The SMILES string of the molecule is Nc1nc(Cl)nc(-c2cc(Br)c(Br)s2)n1. The van der Waals surface area contributed by atoms with E-state index in [1.807, 2.05) is 6.07 Å². The number of halogens is 3. The molecule has 0 fully saturated rings. The summed E-state index contributed by atoms with van der Waals surface area (Å²) in [5.74, 6) is 0.592. The number of anilines is 1. The van der Waals surface area contributed by atoms with E-state index in [4.69, 9.17) is 17.3 Å². The van der Waals surface area contributed by atoms with Gasteiger partial charge in [-0.3, -0.25) is 0 Å². The normalized spacial score (nSPS) is 10.6. The smallest absolute Gasteiger partial charge is 0.227 e. The van der Waals surface area contributed by atoms with Crippen LogP contribution in [0.2, 0.25) is 5.28 Å². The molecule has 4 nitrogen and oxygen atoms in total. The van der Waals surface area contributed by atoms with Crippen molar-refractivity contribution in [3.8, 4) is 10.7 Å². The van der Waals surface area contributed by atoms with Gasteiger partial charge in [0.25, 0.3) is 0 Å². The number of nitrogens with two attached hydrogens (primary N) is 1. The van der Waals surface area contributed by atoms with Crippen molar-refractivity contribution in [2.24, 2.45) is 0 Å². The van der Waals surface area contributed by atoms with E-state index in [2.05, 4.69) is 46.8 Å². The molecule has 2 N–H and O–H groups in total. The quantitative estimate of drug-likeness (QED) is 0.836. The molecule has 2 aromatic heterocycles. The van der Waals surface area contributed by atoms with Gasteiger partial charge in [0.2, 0.25) is 11.2 Å². The van der Waals surface area contributed by atoms with Gasteiger partial charge in [-0.05, 0) is 49.5 Å². The van der Waals surface area contributed by atoms with Crippen molar-refractivity contribution in [3.63, 3.8) is 0 Å². The molecule has 0 spiro atoms. The van der Waals surface area contributed by atoms with E-state index in [1.165, 1.54) is 11.3 Å². The molecule has 0 aromatic carbocycles. The molecule has 0 aliphatic carbocycles. The first-order valence-electron chi connectivity index (χ1n) is 3.68. The molecule has 2 aromatic rings. The monoisotopic (exact) mass is 368 g/mol. The highest BCUT2D eigenvalue weighted by Gasteiger charge is 2.10. The number of aromatic nitrogens is 3. The average Bonchev–Trinajstić information content (AvgIpc) is 2.45. The molecule has 2 heterocycles. The second kappa shape index (κ2) is 4.32. The van der Waals surface area contributed by atoms with Gasteiger partial charge >= 0.3 is 0 Å². The zero-order valence-electron chi connectivity index (χ0n) is 7.04. The molecule has 0 unspecified atom stereocenters. The van der Waals surface area contributed by atoms with Crippen LogP contribution in [0.5, 0.6) is 0 Å². The summed E-state index contributed by atoms with van der Waals surface area (Å²) in [6.07, 6.45) is 0. The summed E-state index contributed by atoms with van der Waals surface area (Å²) in [5.41, 5.74) is 5.48. The summed E-state index contributed by atoms with van der Waals surface area (Å²) in [7, 11) is 0. The lowest BCUT2D eigenvalue weighted by Gasteiger charge is -1.97. The summed E-state index contributed by atoms with van der Waals surface area (Å²) < 4.78 is 1.91. The standard InChI is InChI=1S/C7H3Br2ClN4S/c8-2-1-3(15-4(2)9)5-12-6(10)14-7(11)13-5/h1H,(H2,11,12,13,14). The minimum absolute atomic E-state index is 0.0955. The van der Waals surface area contributed by atoms with Crippen LogP contribution in [-0.4, -0.2) is 15.0 Å². The van der Waals surface area contributed by atoms with E-state index in [-0.39, 0.29) is 11.2 Å². The minimum Gasteiger partial charge on any atom is -0.368 e. The topological polar surface area (TPSA) is 64.7 Å². The van der Waals surface area contributed by atoms with Gasteiger partial charge in [-0.1, -0.05) is 0 Å². The van der Waals surface area contributed by atoms with Gasteiger partial charge in [-0.2, -0.15) is 15.0 Å². The molecule has 0 aliphatic heterocycles. The Morgan fingerprint density at radius 2 is 2.00 bits per heavy atom. The van der Waals surface area contributed by atoms with Gasteiger partial charge < -0.3 is 5.73 Å². The maximum absolute atomic E-state index is 5.69. The van der Waals surface area contributed by atoms with E-state index >= 15 is 0 Å². The van der Waals surface area contributed by atoms with E-state index < -0.39 is 0 Å². The number of hydrogen-bond donors (Lipinski definition) is 1. The van der Waals surface area contributed by atoms with Crippen LogP contribution >= 0.6 is 54.8 Å². The highest BCUT2D eigenvalue weighted by Crippen LogP contribution is 2.37. The van der Waals surface area contributed by atoms with Crippen LogP contribution in [0.25, 0.3) is 10.7 Å². The maximum atomic E-state index is 5.69. The molecule has 0 atom stereocenters.